The highest BCUT2D eigenvalue weighted by molar-refractivity contribution is 5.87. The van der Waals surface area contributed by atoms with Crippen molar-refractivity contribution in [2.24, 2.45) is 5.92 Å². The standard InChI is InChI=1S/C20H32N2O2/c1-5-10-19(23)22(14-13-17-11-8-7-9-12-17)18(6-2)20(24)21-15-16(3)4/h7-9,11-12,16,18H,5-6,10,13-15H2,1-4H3,(H,21,24)/t18-/m0/s1. The number of hydrogen-bond acceptors (Lipinski definition) is 2. The van der Waals surface area contributed by atoms with Crippen LogP contribution >= 0.6 is 0 Å². The summed E-state index contributed by atoms with van der Waals surface area (Å²) in [6, 6.07) is 9.72. The Labute approximate surface area is 146 Å². The molecular formula is C20H32N2O2. The maximum absolute atomic E-state index is 12.6. The summed E-state index contributed by atoms with van der Waals surface area (Å²) in [6.45, 7) is 9.31. The molecule has 1 aromatic rings. The lowest BCUT2D eigenvalue weighted by Gasteiger charge is -2.31. The first-order chi connectivity index (χ1) is 11.5. The van der Waals surface area contributed by atoms with E-state index in [1.165, 1.54) is 5.56 Å². The molecule has 1 N–H and O–H groups in total. The quantitative estimate of drug-likeness (QED) is 0.714. The molecule has 0 heterocycles. The molecule has 2 amide bonds. The van der Waals surface area contributed by atoms with Gasteiger partial charge in [0.15, 0.2) is 0 Å². The van der Waals surface area contributed by atoms with E-state index in [1.807, 2.05) is 32.0 Å². The fraction of sp³-hybridized carbons (Fsp3) is 0.600. The normalized spacial score (nSPS) is 12.0. The van der Waals surface area contributed by atoms with Gasteiger partial charge in [0, 0.05) is 19.5 Å². The van der Waals surface area contributed by atoms with Crippen molar-refractivity contribution in [1.29, 1.82) is 0 Å². The van der Waals surface area contributed by atoms with E-state index in [4.69, 9.17) is 0 Å². The number of hydrogen-bond donors (Lipinski definition) is 1. The number of amides is 2. The summed E-state index contributed by atoms with van der Waals surface area (Å²) in [6.07, 6.45) is 2.69. The molecule has 0 saturated carbocycles. The fourth-order valence-electron chi connectivity index (χ4n) is 2.68. The Kier molecular flexibility index (Phi) is 9.13. The number of benzene rings is 1. The van der Waals surface area contributed by atoms with Crippen molar-refractivity contribution in [1.82, 2.24) is 10.2 Å². The van der Waals surface area contributed by atoms with Crippen LogP contribution in [-0.4, -0.2) is 35.8 Å². The molecule has 24 heavy (non-hydrogen) atoms. The Hall–Kier alpha value is -1.84. The maximum atomic E-state index is 12.6. The molecule has 0 aliphatic heterocycles. The fourth-order valence-corrected chi connectivity index (χ4v) is 2.68. The highest BCUT2D eigenvalue weighted by atomic mass is 16.2. The molecule has 4 nitrogen and oxygen atoms in total. The molecule has 0 aliphatic rings. The predicted octanol–water partition coefficient (Wildman–Crippen LogP) is 3.41. The summed E-state index contributed by atoms with van der Waals surface area (Å²) in [7, 11) is 0. The predicted molar refractivity (Wildman–Crippen MR) is 98.7 cm³/mol. The number of carbonyl (C=O) groups is 2. The average molecular weight is 332 g/mol. The van der Waals surface area contributed by atoms with Crippen molar-refractivity contribution in [2.75, 3.05) is 13.1 Å². The molecule has 0 spiro atoms. The molecule has 1 aromatic carbocycles. The molecule has 0 radical (unpaired) electrons. The largest absolute Gasteiger partial charge is 0.354 e. The molecule has 0 bridgehead atoms. The zero-order chi connectivity index (χ0) is 17.9. The highest BCUT2D eigenvalue weighted by Gasteiger charge is 2.27. The minimum atomic E-state index is -0.383. The smallest absolute Gasteiger partial charge is 0.242 e. The van der Waals surface area contributed by atoms with Crippen LogP contribution in [-0.2, 0) is 16.0 Å². The van der Waals surface area contributed by atoms with E-state index in [2.05, 4.69) is 31.3 Å². The van der Waals surface area contributed by atoms with Gasteiger partial charge in [-0.05, 0) is 30.7 Å². The van der Waals surface area contributed by atoms with Gasteiger partial charge in [-0.1, -0.05) is 58.0 Å². The van der Waals surface area contributed by atoms with Crippen LogP contribution in [0, 0.1) is 5.92 Å². The van der Waals surface area contributed by atoms with Crippen molar-refractivity contribution >= 4 is 11.8 Å². The van der Waals surface area contributed by atoms with Gasteiger partial charge in [-0.15, -0.1) is 0 Å². The van der Waals surface area contributed by atoms with Crippen LogP contribution in [0.15, 0.2) is 30.3 Å². The lowest BCUT2D eigenvalue weighted by molar-refractivity contribution is -0.140. The monoisotopic (exact) mass is 332 g/mol. The van der Waals surface area contributed by atoms with Crippen molar-refractivity contribution in [3.63, 3.8) is 0 Å². The van der Waals surface area contributed by atoms with Gasteiger partial charge in [-0.3, -0.25) is 9.59 Å². The molecule has 0 saturated heterocycles. The van der Waals surface area contributed by atoms with Gasteiger partial charge in [0.1, 0.15) is 6.04 Å². The van der Waals surface area contributed by atoms with Crippen LogP contribution in [0.5, 0.6) is 0 Å². The molecule has 0 unspecified atom stereocenters. The van der Waals surface area contributed by atoms with Gasteiger partial charge in [-0.25, -0.2) is 0 Å². The Morgan fingerprint density at radius 1 is 1.12 bits per heavy atom. The Balaban J connectivity index is 2.80. The van der Waals surface area contributed by atoms with Crippen LogP contribution in [0.25, 0.3) is 0 Å². The van der Waals surface area contributed by atoms with Gasteiger partial charge in [0.25, 0.3) is 0 Å². The lowest BCUT2D eigenvalue weighted by atomic mass is 10.1. The van der Waals surface area contributed by atoms with E-state index in [0.29, 0.717) is 31.8 Å². The molecule has 1 rings (SSSR count). The second kappa shape index (κ2) is 10.8. The topological polar surface area (TPSA) is 49.4 Å². The van der Waals surface area contributed by atoms with E-state index in [0.717, 1.165) is 12.8 Å². The SMILES string of the molecule is CCCC(=O)N(CCc1ccccc1)[C@@H](CC)C(=O)NCC(C)C. The zero-order valence-corrected chi connectivity index (χ0v) is 15.5. The van der Waals surface area contributed by atoms with E-state index < -0.39 is 0 Å². The second-order valence-electron chi connectivity index (χ2n) is 6.64. The molecule has 0 aromatic heterocycles. The molecule has 134 valence electrons. The van der Waals surface area contributed by atoms with Crippen LogP contribution in [0.4, 0.5) is 0 Å². The maximum Gasteiger partial charge on any atom is 0.242 e. The van der Waals surface area contributed by atoms with Crippen LogP contribution in [0.2, 0.25) is 0 Å². The summed E-state index contributed by atoms with van der Waals surface area (Å²) in [4.78, 5) is 26.9. The number of rotatable bonds is 10. The number of nitrogens with zero attached hydrogens (tertiary/aromatic N) is 1. The molecule has 4 heteroatoms. The third kappa shape index (κ3) is 6.73. The van der Waals surface area contributed by atoms with E-state index in [-0.39, 0.29) is 17.9 Å². The molecule has 0 aliphatic carbocycles. The van der Waals surface area contributed by atoms with Crippen molar-refractivity contribution in [3.8, 4) is 0 Å². The third-order valence-electron chi connectivity index (χ3n) is 4.02. The summed E-state index contributed by atoms with van der Waals surface area (Å²) >= 11 is 0. The van der Waals surface area contributed by atoms with Crippen LogP contribution < -0.4 is 5.32 Å². The summed E-state index contributed by atoms with van der Waals surface area (Å²) in [5.74, 6) is 0.430. The zero-order valence-electron chi connectivity index (χ0n) is 15.5. The van der Waals surface area contributed by atoms with Crippen molar-refractivity contribution in [3.05, 3.63) is 35.9 Å². The first-order valence-electron chi connectivity index (χ1n) is 9.10. The van der Waals surface area contributed by atoms with Crippen LogP contribution in [0.3, 0.4) is 0 Å². The van der Waals surface area contributed by atoms with Gasteiger partial charge >= 0.3 is 0 Å². The Morgan fingerprint density at radius 2 is 1.79 bits per heavy atom. The van der Waals surface area contributed by atoms with Crippen molar-refractivity contribution in [2.45, 2.75) is 59.4 Å². The van der Waals surface area contributed by atoms with Gasteiger partial charge in [-0.2, -0.15) is 0 Å². The van der Waals surface area contributed by atoms with Crippen LogP contribution in [0.1, 0.15) is 52.5 Å². The first-order valence-corrected chi connectivity index (χ1v) is 9.10. The van der Waals surface area contributed by atoms with Gasteiger partial charge < -0.3 is 10.2 Å². The van der Waals surface area contributed by atoms with Crippen molar-refractivity contribution < 1.29 is 9.59 Å². The van der Waals surface area contributed by atoms with Gasteiger partial charge in [0.2, 0.25) is 11.8 Å². The lowest BCUT2D eigenvalue weighted by Crippen LogP contribution is -2.50. The average Bonchev–Trinajstić information content (AvgIpc) is 2.57. The molecular weight excluding hydrogens is 300 g/mol. The van der Waals surface area contributed by atoms with E-state index >= 15 is 0 Å². The first kappa shape index (κ1) is 20.2. The molecule has 1 atom stereocenters. The minimum absolute atomic E-state index is 0.0382. The minimum Gasteiger partial charge on any atom is -0.354 e. The van der Waals surface area contributed by atoms with Gasteiger partial charge in [0.05, 0.1) is 0 Å². The third-order valence-corrected chi connectivity index (χ3v) is 4.02. The number of carbonyl (C=O) groups excluding carboxylic acids is 2. The summed E-state index contributed by atoms with van der Waals surface area (Å²) < 4.78 is 0. The highest BCUT2D eigenvalue weighted by Crippen LogP contribution is 2.11. The summed E-state index contributed by atoms with van der Waals surface area (Å²) in [5.41, 5.74) is 1.18. The summed E-state index contributed by atoms with van der Waals surface area (Å²) in [5, 5.41) is 2.98. The molecule has 0 fully saturated rings. The van der Waals surface area contributed by atoms with E-state index in [9.17, 15) is 9.59 Å². The number of nitrogens with one attached hydrogen (secondary N) is 1. The second-order valence-corrected chi connectivity index (χ2v) is 6.64. The Bertz CT molecular complexity index is 500. The van der Waals surface area contributed by atoms with E-state index in [1.54, 1.807) is 4.90 Å². The Morgan fingerprint density at radius 3 is 2.33 bits per heavy atom.